The molecule has 0 aromatic carbocycles. The van der Waals surface area contributed by atoms with Crippen LogP contribution in [-0.4, -0.2) is 25.3 Å². The van der Waals surface area contributed by atoms with E-state index in [2.05, 4.69) is 26.1 Å². The number of hydrogen-bond donors (Lipinski definition) is 1. The van der Waals surface area contributed by atoms with Gasteiger partial charge in [-0.25, -0.2) is 0 Å². The van der Waals surface area contributed by atoms with Crippen LogP contribution in [-0.2, 0) is 4.74 Å². The molecule has 0 amide bonds. The van der Waals surface area contributed by atoms with Crippen molar-refractivity contribution in [3.05, 3.63) is 0 Å². The third-order valence-corrected chi connectivity index (χ3v) is 3.73. The van der Waals surface area contributed by atoms with E-state index >= 15 is 0 Å². The fourth-order valence-electron chi connectivity index (χ4n) is 2.14. The molecule has 0 radical (unpaired) electrons. The zero-order chi connectivity index (χ0) is 11.3. The summed E-state index contributed by atoms with van der Waals surface area (Å²) in [7, 11) is 1.79. The minimum Gasteiger partial charge on any atom is -0.379 e. The molecule has 0 atom stereocenters. The summed E-state index contributed by atoms with van der Waals surface area (Å²) in [6, 6.07) is 0.758. The lowest BCUT2D eigenvalue weighted by Crippen LogP contribution is -2.36. The van der Waals surface area contributed by atoms with Crippen molar-refractivity contribution < 1.29 is 4.74 Å². The zero-order valence-corrected chi connectivity index (χ0v) is 10.8. The van der Waals surface area contributed by atoms with Crippen LogP contribution in [0.3, 0.4) is 0 Å². The van der Waals surface area contributed by atoms with Gasteiger partial charge >= 0.3 is 0 Å². The van der Waals surface area contributed by atoms with Crippen molar-refractivity contribution in [1.29, 1.82) is 0 Å². The average Bonchev–Trinajstić information content (AvgIpc) is 2.21. The van der Waals surface area contributed by atoms with E-state index in [0.717, 1.165) is 24.9 Å². The van der Waals surface area contributed by atoms with Crippen LogP contribution in [0.1, 0.15) is 52.9 Å². The van der Waals surface area contributed by atoms with Crippen molar-refractivity contribution in [3.8, 4) is 0 Å². The number of hydrogen-bond acceptors (Lipinski definition) is 2. The minimum absolute atomic E-state index is 0.0228. The van der Waals surface area contributed by atoms with Gasteiger partial charge in [-0.1, -0.05) is 6.92 Å². The second-order valence-corrected chi connectivity index (χ2v) is 5.62. The maximum atomic E-state index is 5.40. The maximum Gasteiger partial charge on any atom is 0.0634 e. The van der Waals surface area contributed by atoms with Gasteiger partial charge in [-0.3, -0.25) is 0 Å². The van der Waals surface area contributed by atoms with Crippen LogP contribution in [0.4, 0.5) is 0 Å². The van der Waals surface area contributed by atoms with Crippen molar-refractivity contribution in [2.75, 3.05) is 13.7 Å². The average molecular weight is 213 g/mol. The van der Waals surface area contributed by atoms with Gasteiger partial charge in [-0.05, 0) is 58.4 Å². The molecule has 0 aromatic rings. The van der Waals surface area contributed by atoms with Crippen molar-refractivity contribution in [3.63, 3.8) is 0 Å². The normalized spacial score (nSPS) is 28.0. The number of methoxy groups -OCH3 is 1. The van der Waals surface area contributed by atoms with E-state index in [1.54, 1.807) is 7.11 Å². The first-order chi connectivity index (χ1) is 7.03. The van der Waals surface area contributed by atoms with E-state index in [1.807, 2.05) is 0 Å². The molecule has 1 aliphatic rings. The second kappa shape index (κ2) is 5.86. The van der Waals surface area contributed by atoms with Crippen molar-refractivity contribution in [2.24, 2.45) is 5.92 Å². The summed E-state index contributed by atoms with van der Waals surface area (Å²) in [5, 5.41) is 3.65. The summed E-state index contributed by atoms with van der Waals surface area (Å²) >= 11 is 0. The summed E-state index contributed by atoms with van der Waals surface area (Å²) in [6.45, 7) is 7.75. The molecule has 2 nitrogen and oxygen atoms in total. The lowest BCUT2D eigenvalue weighted by atomic mass is 9.87. The van der Waals surface area contributed by atoms with Gasteiger partial charge in [0.2, 0.25) is 0 Å². The Bertz CT molecular complexity index is 171. The first kappa shape index (κ1) is 13.0. The van der Waals surface area contributed by atoms with Gasteiger partial charge in [-0.15, -0.1) is 0 Å². The van der Waals surface area contributed by atoms with Crippen molar-refractivity contribution >= 4 is 0 Å². The maximum absolute atomic E-state index is 5.40. The number of nitrogens with one attached hydrogen (secondary N) is 1. The van der Waals surface area contributed by atoms with Gasteiger partial charge in [-0.2, -0.15) is 0 Å². The SMILES string of the molecule is COC(C)(C)CCN[C@H]1CC[C@H](C)CC1. The molecule has 0 aliphatic heterocycles. The zero-order valence-electron chi connectivity index (χ0n) is 10.8. The Balaban J connectivity index is 2.10. The predicted molar refractivity (Wildman–Crippen MR) is 65.1 cm³/mol. The topological polar surface area (TPSA) is 21.3 Å². The monoisotopic (exact) mass is 213 g/mol. The molecule has 1 N–H and O–H groups in total. The highest BCUT2D eigenvalue weighted by atomic mass is 16.5. The third kappa shape index (κ3) is 4.98. The highest BCUT2D eigenvalue weighted by Gasteiger charge is 2.19. The van der Waals surface area contributed by atoms with E-state index in [9.17, 15) is 0 Å². The molecule has 1 aliphatic carbocycles. The van der Waals surface area contributed by atoms with Crippen LogP contribution < -0.4 is 5.32 Å². The quantitative estimate of drug-likeness (QED) is 0.758. The molecule has 1 saturated carbocycles. The van der Waals surface area contributed by atoms with E-state index in [1.165, 1.54) is 25.7 Å². The summed E-state index contributed by atoms with van der Waals surface area (Å²) in [6.07, 6.45) is 6.59. The van der Waals surface area contributed by atoms with E-state index in [-0.39, 0.29) is 5.60 Å². The van der Waals surface area contributed by atoms with Gasteiger partial charge in [0, 0.05) is 13.2 Å². The Kier molecular flexibility index (Phi) is 5.07. The largest absolute Gasteiger partial charge is 0.379 e. The molecule has 0 saturated heterocycles. The Morgan fingerprint density at radius 3 is 2.33 bits per heavy atom. The number of ether oxygens (including phenoxy) is 1. The second-order valence-electron chi connectivity index (χ2n) is 5.62. The molecule has 0 aromatic heterocycles. The van der Waals surface area contributed by atoms with Gasteiger partial charge in [0.05, 0.1) is 5.60 Å². The van der Waals surface area contributed by atoms with E-state index in [4.69, 9.17) is 4.74 Å². The fourth-order valence-corrected chi connectivity index (χ4v) is 2.14. The molecule has 0 unspecified atom stereocenters. The van der Waals surface area contributed by atoms with Crippen LogP contribution in [0.25, 0.3) is 0 Å². The fraction of sp³-hybridized carbons (Fsp3) is 1.00. The third-order valence-electron chi connectivity index (χ3n) is 3.73. The summed E-state index contributed by atoms with van der Waals surface area (Å²) in [5.41, 5.74) is 0.0228. The standard InChI is InChI=1S/C13H27NO/c1-11-5-7-12(8-6-11)14-10-9-13(2,3)15-4/h11-12,14H,5-10H2,1-4H3/t11-,12-. The first-order valence-corrected chi connectivity index (χ1v) is 6.32. The van der Waals surface area contributed by atoms with Crippen LogP contribution in [0.2, 0.25) is 0 Å². The Hall–Kier alpha value is -0.0800. The van der Waals surface area contributed by atoms with Gasteiger partial charge < -0.3 is 10.1 Å². The molecule has 15 heavy (non-hydrogen) atoms. The smallest absolute Gasteiger partial charge is 0.0634 e. The Labute approximate surface area is 94.8 Å². The van der Waals surface area contributed by atoms with Gasteiger partial charge in [0.1, 0.15) is 0 Å². The van der Waals surface area contributed by atoms with Crippen molar-refractivity contribution in [1.82, 2.24) is 5.32 Å². The van der Waals surface area contributed by atoms with Gasteiger partial charge in [0.25, 0.3) is 0 Å². The molecule has 0 bridgehead atoms. The molecule has 1 rings (SSSR count). The molecule has 1 fully saturated rings. The Morgan fingerprint density at radius 2 is 1.80 bits per heavy atom. The van der Waals surface area contributed by atoms with Crippen LogP contribution in [0.15, 0.2) is 0 Å². The van der Waals surface area contributed by atoms with Crippen LogP contribution >= 0.6 is 0 Å². The predicted octanol–water partition coefficient (Wildman–Crippen LogP) is 2.97. The highest BCUT2D eigenvalue weighted by molar-refractivity contribution is 4.77. The van der Waals surface area contributed by atoms with Gasteiger partial charge in [0.15, 0.2) is 0 Å². The summed E-state index contributed by atoms with van der Waals surface area (Å²) in [4.78, 5) is 0. The van der Waals surface area contributed by atoms with E-state index in [0.29, 0.717) is 0 Å². The number of rotatable bonds is 5. The Morgan fingerprint density at radius 1 is 1.20 bits per heavy atom. The minimum atomic E-state index is 0.0228. The molecule has 0 spiro atoms. The summed E-state index contributed by atoms with van der Waals surface area (Å²) in [5.74, 6) is 0.943. The first-order valence-electron chi connectivity index (χ1n) is 6.32. The molecule has 2 heteroatoms. The van der Waals surface area contributed by atoms with Crippen LogP contribution in [0, 0.1) is 5.92 Å². The van der Waals surface area contributed by atoms with Crippen molar-refractivity contribution in [2.45, 2.75) is 64.5 Å². The van der Waals surface area contributed by atoms with E-state index < -0.39 is 0 Å². The molecule has 0 heterocycles. The lowest BCUT2D eigenvalue weighted by Gasteiger charge is -2.29. The highest BCUT2D eigenvalue weighted by Crippen LogP contribution is 2.23. The molecule has 90 valence electrons. The molecular weight excluding hydrogens is 186 g/mol. The lowest BCUT2D eigenvalue weighted by molar-refractivity contribution is 0.0150. The molecular formula is C13H27NO. The summed E-state index contributed by atoms with van der Waals surface area (Å²) < 4.78 is 5.40. The van der Waals surface area contributed by atoms with Crippen LogP contribution in [0.5, 0.6) is 0 Å².